The fraction of sp³-hybridized carbons (Fsp3) is 0.542. The van der Waals surface area contributed by atoms with Crippen LogP contribution in [-0.4, -0.2) is 89.5 Å². The van der Waals surface area contributed by atoms with Gasteiger partial charge in [-0.2, -0.15) is 5.10 Å². The van der Waals surface area contributed by atoms with Crippen LogP contribution >= 0.6 is 11.3 Å². The highest BCUT2D eigenvalue weighted by atomic mass is 32.2. The number of nitrogens with zero attached hydrogens (tertiary/aromatic N) is 7. The van der Waals surface area contributed by atoms with Crippen molar-refractivity contribution in [1.29, 1.82) is 0 Å². The Balaban J connectivity index is 1.71. The summed E-state index contributed by atoms with van der Waals surface area (Å²) in [5.74, 6) is 0. The quantitative estimate of drug-likeness (QED) is 0.459. The molecule has 2 amide bonds. The van der Waals surface area contributed by atoms with Crippen LogP contribution in [0.5, 0.6) is 0 Å². The minimum absolute atomic E-state index is 0.0354. The number of fused-ring (bicyclic) bond motifs is 1. The number of hydrogen-bond donors (Lipinski definition) is 1. The summed E-state index contributed by atoms with van der Waals surface area (Å²) in [4.78, 5) is 31.2. The fourth-order valence-corrected chi connectivity index (χ4v) is 7.00. The number of urea groups is 1. The average Bonchev–Trinajstić information content (AvgIpc) is 3.39. The van der Waals surface area contributed by atoms with E-state index in [1.807, 2.05) is 18.7 Å². The van der Waals surface area contributed by atoms with Crippen LogP contribution in [-0.2, 0) is 17.1 Å². The molecule has 1 atom stereocenters. The van der Waals surface area contributed by atoms with E-state index in [9.17, 15) is 26.8 Å². The zero-order chi connectivity index (χ0) is 29.1. The number of piperazine rings is 1. The standard InChI is InChI=1S/C24H30F2N8O4S2/c1-13-12-33(8-9-34(13)23(36)31(3)4)16-11-14(40(37,38)30-24(2)6-7-24)10-15-17(16)22(35)32(5)29-18(15)20-27-28-21(39-20)19(25)26/h10-11,13,19,30H,6-9,12H2,1-5H3/t13-/m1/s1. The first kappa shape index (κ1) is 28.3. The zero-order valence-electron chi connectivity index (χ0n) is 22.7. The molecular weight excluding hydrogens is 566 g/mol. The van der Waals surface area contributed by atoms with Crippen LogP contribution in [0.1, 0.15) is 38.1 Å². The van der Waals surface area contributed by atoms with Crippen molar-refractivity contribution in [2.45, 2.75) is 49.6 Å². The number of aromatic nitrogens is 4. The van der Waals surface area contributed by atoms with Gasteiger partial charge in [0.25, 0.3) is 12.0 Å². The Labute approximate surface area is 233 Å². The van der Waals surface area contributed by atoms with Crippen molar-refractivity contribution in [1.82, 2.24) is 34.5 Å². The van der Waals surface area contributed by atoms with E-state index >= 15 is 0 Å². The molecule has 3 heterocycles. The molecule has 1 aliphatic carbocycles. The van der Waals surface area contributed by atoms with Gasteiger partial charge in [0.05, 0.1) is 16.0 Å². The molecule has 2 aliphatic rings. The predicted molar refractivity (Wildman–Crippen MR) is 146 cm³/mol. The molecule has 2 fully saturated rings. The smallest absolute Gasteiger partial charge is 0.319 e. The maximum Gasteiger partial charge on any atom is 0.319 e. The molecule has 12 nitrogen and oxygen atoms in total. The summed E-state index contributed by atoms with van der Waals surface area (Å²) in [6.07, 6.45) is -1.45. The number of rotatable bonds is 6. The third-order valence-electron chi connectivity index (χ3n) is 7.22. The molecule has 0 unspecified atom stereocenters. The van der Waals surface area contributed by atoms with Crippen LogP contribution in [0.15, 0.2) is 21.8 Å². The lowest BCUT2D eigenvalue weighted by molar-refractivity contribution is 0.147. The van der Waals surface area contributed by atoms with Gasteiger partial charge in [0, 0.05) is 57.7 Å². The number of amides is 2. The Kier molecular flexibility index (Phi) is 7.07. The average molecular weight is 597 g/mol. The second-order valence-corrected chi connectivity index (χ2v) is 13.4. The number of anilines is 1. The second kappa shape index (κ2) is 9.99. The molecule has 0 spiro atoms. The molecule has 1 N–H and O–H groups in total. The largest absolute Gasteiger partial charge is 0.367 e. The fourth-order valence-electron chi connectivity index (χ4n) is 4.79. The second-order valence-electron chi connectivity index (χ2n) is 10.7. The molecule has 1 aliphatic heterocycles. The first-order valence-corrected chi connectivity index (χ1v) is 14.9. The van der Waals surface area contributed by atoms with E-state index in [0.29, 0.717) is 49.5 Å². The van der Waals surface area contributed by atoms with Gasteiger partial charge in [-0.15, -0.1) is 10.2 Å². The van der Waals surface area contributed by atoms with Gasteiger partial charge in [-0.3, -0.25) is 4.79 Å². The number of halogens is 2. The monoisotopic (exact) mass is 596 g/mol. The Bertz CT molecular complexity index is 1650. The summed E-state index contributed by atoms with van der Waals surface area (Å²) in [7, 11) is 0.744. The predicted octanol–water partition coefficient (Wildman–Crippen LogP) is 2.41. The molecule has 2 aromatic heterocycles. The van der Waals surface area contributed by atoms with Gasteiger partial charge in [-0.25, -0.2) is 31.4 Å². The Hall–Kier alpha value is -3.24. The van der Waals surface area contributed by atoms with Gasteiger partial charge in [-0.1, -0.05) is 11.3 Å². The van der Waals surface area contributed by atoms with Gasteiger partial charge < -0.3 is 14.7 Å². The van der Waals surface area contributed by atoms with Crippen molar-refractivity contribution < 1.29 is 22.0 Å². The van der Waals surface area contributed by atoms with Crippen LogP contribution in [0, 0.1) is 0 Å². The Morgan fingerprint density at radius 1 is 1.23 bits per heavy atom. The normalized spacial score (nSPS) is 18.9. The number of nitrogens with one attached hydrogen (secondary N) is 1. The number of carbonyl (C=O) groups is 1. The number of sulfonamides is 1. The molecule has 1 saturated carbocycles. The van der Waals surface area contributed by atoms with Crippen LogP contribution in [0.3, 0.4) is 0 Å². The Morgan fingerprint density at radius 3 is 2.50 bits per heavy atom. The summed E-state index contributed by atoms with van der Waals surface area (Å²) < 4.78 is 57.5. The first-order valence-electron chi connectivity index (χ1n) is 12.6. The highest BCUT2D eigenvalue weighted by Gasteiger charge is 2.42. The number of benzene rings is 1. The number of carbonyl (C=O) groups excluding carboxylic acids is 1. The maximum absolute atomic E-state index is 13.5. The van der Waals surface area contributed by atoms with E-state index in [1.54, 1.807) is 19.0 Å². The van der Waals surface area contributed by atoms with Crippen LogP contribution in [0.4, 0.5) is 19.3 Å². The number of hydrogen-bond acceptors (Lipinski definition) is 9. The lowest BCUT2D eigenvalue weighted by Crippen LogP contribution is -2.56. The van der Waals surface area contributed by atoms with Crippen molar-refractivity contribution in [3.05, 3.63) is 27.5 Å². The van der Waals surface area contributed by atoms with E-state index in [4.69, 9.17) is 0 Å². The van der Waals surface area contributed by atoms with Crippen LogP contribution in [0.25, 0.3) is 21.5 Å². The van der Waals surface area contributed by atoms with Crippen molar-refractivity contribution in [3.63, 3.8) is 0 Å². The number of alkyl halides is 2. The molecule has 5 rings (SSSR count). The van der Waals surface area contributed by atoms with Crippen LogP contribution < -0.4 is 15.2 Å². The third-order valence-corrected chi connectivity index (χ3v) is 9.78. The van der Waals surface area contributed by atoms with E-state index in [2.05, 4.69) is 20.0 Å². The maximum atomic E-state index is 13.5. The van der Waals surface area contributed by atoms with Gasteiger partial charge in [0.1, 0.15) is 5.69 Å². The van der Waals surface area contributed by atoms with Crippen molar-refractivity contribution in [2.75, 3.05) is 38.6 Å². The Morgan fingerprint density at radius 2 is 1.93 bits per heavy atom. The van der Waals surface area contributed by atoms with Crippen molar-refractivity contribution in [2.24, 2.45) is 7.05 Å². The highest BCUT2D eigenvalue weighted by molar-refractivity contribution is 7.89. The summed E-state index contributed by atoms with van der Waals surface area (Å²) in [6.45, 7) is 4.70. The summed E-state index contributed by atoms with van der Waals surface area (Å²) in [6, 6.07) is 2.41. The molecule has 0 bridgehead atoms. The van der Waals surface area contributed by atoms with E-state index < -0.39 is 32.6 Å². The van der Waals surface area contributed by atoms with E-state index in [0.717, 1.165) is 4.68 Å². The molecule has 0 radical (unpaired) electrons. The molecule has 16 heteroatoms. The minimum Gasteiger partial charge on any atom is -0.367 e. The molecule has 216 valence electrons. The van der Waals surface area contributed by atoms with E-state index in [-0.39, 0.29) is 38.4 Å². The number of aryl methyl sites for hydroxylation is 1. The molecule has 3 aromatic rings. The molecule has 1 aromatic carbocycles. The van der Waals surface area contributed by atoms with Crippen molar-refractivity contribution in [3.8, 4) is 10.7 Å². The summed E-state index contributed by atoms with van der Waals surface area (Å²) in [5, 5.41) is 11.6. The van der Waals surface area contributed by atoms with Gasteiger partial charge in [-0.05, 0) is 38.8 Å². The van der Waals surface area contributed by atoms with Gasteiger partial charge in [0.2, 0.25) is 10.0 Å². The first-order chi connectivity index (χ1) is 18.7. The third kappa shape index (κ3) is 5.14. The lowest BCUT2D eigenvalue weighted by atomic mass is 10.1. The van der Waals surface area contributed by atoms with Gasteiger partial charge in [0.15, 0.2) is 10.0 Å². The zero-order valence-corrected chi connectivity index (χ0v) is 24.3. The van der Waals surface area contributed by atoms with Crippen molar-refractivity contribution >= 4 is 43.9 Å². The highest BCUT2D eigenvalue weighted by Crippen LogP contribution is 2.39. The molecular formula is C24H30F2N8O4S2. The van der Waals surface area contributed by atoms with Crippen LogP contribution in [0.2, 0.25) is 0 Å². The topological polar surface area (TPSA) is 134 Å². The summed E-state index contributed by atoms with van der Waals surface area (Å²) in [5.41, 5.74) is -0.616. The minimum atomic E-state index is -4.02. The molecule has 40 heavy (non-hydrogen) atoms. The van der Waals surface area contributed by atoms with Gasteiger partial charge >= 0.3 is 6.03 Å². The summed E-state index contributed by atoms with van der Waals surface area (Å²) >= 11 is 0.627. The SMILES string of the molecule is C[C@@H]1CN(c2cc(S(=O)(=O)NC3(C)CC3)cc3c(-c4nnc(C(F)F)s4)nn(C)c(=O)c23)CCN1C(=O)N(C)C. The molecule has 1 saturated heterocycles. The lowest BCUT2D eigenvalue weighted by Gasteiger charge is -2.42. The van der Waals surface area contributed by atoms with E-state index in [1.165, 1.54) is 24.1 Å².